The van der Waals surface area contributed by atoms with E-state index in [1.165, 1.54) is 0 Å². The van der Waals surface area contributed by atoms with Gasteiger partial charge in [-0.15, -0.1) is 0 Å². The molecule has 0 bridgehead atoms. The smallest absolute Gasteiger partial charge is 0.222 e. The first-order valence-corrected chi connectivity index (χ1v) is 4.75. The molecule has 0 radical (unpaired) electrons. The van der Waals surface area contributed by atoms with Crippen molar-refractivity contribution in [2.24, 2.45) is 0 Å². The summed E-state index contributed by atoms with van der Waals surface area (Å²) in [6.07, 6.45) is 1.66. The number of nitrogens with one attached hydrogen (secondary N) is 1. The number of carbonyl (C=O) groups excluding carboxylic acids is 1. The first kappa shape index (κ1) is 9.52. The summed E-state index contributed by atoms with van der Waals surface area (Å²) < 4.78 is 0. The lowest BCUT2D eigenvalue weighted by Crippen LogP contribution is -2.51. The summed E-state index contributed by atoms with van der Waals surface area (Å²) in [5, 5.41) is 3.32. The molecule has 1 unspecified atom stereocenters. The summed E-state index contributed by atoms with van der Waals surface area (Å²) in [4.78, 5) is 13.4. The molecule has 1 atom stereocenters. The fourth-order valence-electron chi connectivity index (χ4n) is 1.53. The van der Waals surface area contributed by atoms with Gasteiger partial charge in [-0.3, -0.25) is 4.79 Å². The van der Waals surface area contributed by atoms with Crippen LogP contribution in [-0.2, 0) is 4.79 Å². The molecule has 1 fully saturated rings. The molecule has 1 aliphatic rings. The predicted octanol–water partition coefficient (Wildman–Crippen LogP) is 0.607. The van der Waals surface area contributed by atoms with E-state index in [1.54, 1.807) is 0 Å². The van der Waals surface area contributed by atoms with Crippen molar-refractivity contribution in [3.8, 4) is 0 Å². The first-order chi connectivity index (χ1) is 5.74. The van der Waals surface area contributed by atoms with Gasteiger partial charge in [-0.1, -0.05) is 6.92 Å². The van der Waals surface area contributed by atoms with Crippen molar-refractivity contribution in [2.45, 2.75) is 32.7 Å². The Labute approximate surface area is 74.1 Å². The molecule has 1 amide bonds. The number of hydrogen-bond acceptors (Lipinski definition) is 2. The third kappa shape index (κ3) is 2.48. The molecule has 12 heavy (non-hydrogen) atoms. The van der Waals surface area contributed by atoms with Gasteiger partial charge in [0.05, 0.1) is 0 Å². The maximum Gasteiger partial charge on any atom is 0.222 e. The number of nitrogens with zero attached hydrogens (tertiary/aromatic N) is 1. The minimum absolute atomic E-state index is 0.311. The maximum absolute atomic E-state index is 11.4. The zero-order valence-electron chi connectivity index (χ0n) is 7.97. The van der Waals surface area contributed by atoms with Crippen molar-refractivity contribution in [1.29, 1.82) is 0 Å². The van der Waals surface area contributed by atoms with Gasteiger partial charge in [0.15, 0.2) is 0 Å². The number of hydrogen-bond donors (Lipinski definition) is 1. The van der Waals surface area contributed by atoms with Crippen LogP contribution in [-0.4, -0.2) is 36.5 Å². The molecule has 0 aromatic heterocycles. The normalized spacial score (nSPS) is 24.2. The lowest BCUT2D eigenvalue weighted by Gasteiger charge is -2.31. The van der Waals surface area contributed by atoms with Crippen LogP contribution in [0.15, 0.2) is 0 Å². The molecular weight excluding hydrogens is 152 g/mol. The quantitative estimate of drug-likeness (QED) is 0.658. The van der Waals surface area contributed by atoms with Crippen LogP contribution in [0.1, 0.15) is 26.7 Å². The monoisotopic (exact) mass is 170 g/mol. The molecule has 3 nitrogen and oxygen atoms in total. The van der Waals surface area contributed by atoms with Crippen molar-refractivity contribution < 1.29 is 4.79 Å². The molecule has 3 heteroatoms. The van der Waals surface area contributed by atoms with E-state index in [0.29, 0.717) is 18.4 Å². The summed E-state index contributed by atoms with van der Waals surface area (Å²) in [5.41, 5.74) is 0. The van der Waals surface area contributed by atoms with Crippen molar-refractivity contribution >= 4 is 5.91 Å². The summed E-state index contributed by atoms with van der Waals surface area (Å²) in [6.45, 7) is 6.85. The molecule has 0 aliphatic carbocycles. The molecule has 1 heterocycles. The first-order valence-electron chi connectivity index (χ1n) is 4.75. The third-order valence-electron chi connectivity index (χ3n) is 2.19. The zero-order chi connectivity index (χ0) is 8.97. The van der Waals surface area contributed by atoms with Crippen molar-refractivity contribution in [2.75, 3.05) is 19.6 Å². The molecule has 1 aliphatic heterocycles. The van der Waals surface area contributed by atoms with E-state index >= 15 is 0 Å². The van der Waals surface area contributed by atoms with Gasteiger partial charge in [0.1, 0.15) is 0 Å². The van der Waals surface area contributed by atoms with E-state index in [1.807, 2.05) is 11.8 Å². The van der Waals surface area contributed by atoms with E-state index in [4.69, 9.17) is 0 Å². The minimum Gasteiger partial charge on any atom is -0.340 e. The van der Waals surface area contributed by atoms with Crippen LogP contribution in [0.4, 0.5) is 0 Å². The van der Waals surface area contributed by atoms with Crippen LogP contribution in [0.5, 0.6) is 0 Å². The van der Waals surface area contributed by atoms with E-state index in [0.717, 1.165) is 26.1 Å². The molecule has 0 aromatic rings. The average molecular weight is 170 g/mol. The SMILES string of the molecule is CCCC(=O)N1CCNC(C)C1. The molecule has 0 spiro atoms. The van der Waals surface area contributed by atoms with Crippen LogP contribution in [0.25, 0.3) is 0 Å². The highest BCUT2D eigenvalue weighted by Gasteiger charge is 2.18. The van der Waals surface area contributed by atoms with Crippen LogP contribution in [0.3, 0.4) is 0 Å². The summed E-state index contributed by atoms with van der Waals surface area (Å²) in [6, 6.07) is 0.458. The summed E-state index contributed by atoms with van der Waals surface area (Å²) >= 11 is 0. The van der Waals surface area contributed by atoms with Gasteiger partial charge in [-0.2, -0.15) is 0 Å². The third-order valence-corrected chi connectivity index (χ3v) is 2.19. The number of amides is 1. The largest absolute Gasteiger partial charge is 0.340 e. The fraction of sp³-hybridized carbons (Fsp3) is 0.889. The van der Waals surface area contributed by atoms with E-state index in [9.17, 15) is 4.79 Å². The molecular formula is C9H18N2O. The van der Waals surface area contributed by atoms with Crippen molar-refractivity contribution in [3.63, 3.8) is 0 Å². The molecule has 1 saturated heterocycles. The second-order valence-electron chi connectivity index (χ2n) is 3.44. The fourth-order valence-corrected chi connectivity index (χ4v) is 1.53. The molecule has 70 valence electrons. The van der Waals surface area contributed by atoms with Gasteiger partial charge in [0.2, 0.25) is 5.91 Å². The second-order valence-corrected chi connectivity index (χ2v) is 3.44. The van der Waals surface area contributed by atoms with Gasteiger partial charge >= 0.3 is 0 Å². The van der Waals surface area contributed by atoms with Crippen LogP contribution in [0, 0.1) is 0 Å². The van der Waals surface area contributed by atoms with Crippen molar-refractivity contribution in [1.82, 2.24) is 10.2 Å². The number of carbonyl (C=O) groups is 1. The Kier molecular flexibility index (Phi) is 3.53. The van der Waals surface area contributed by atoms with Crippen LogP contribution >= 0.6 is 0 Å². The van der Waals surface area contributed by atoms with Gasteiger partial charge < -0.3 is 10.2 Å². The highest BCUT2D eigenvalue weighted by molar-refractivity contribution is 5.76. The van der Waals surface area contributed by atoms with Crippen LogP contribution in [0.2, 0.25) is 0 Å². The molecule has 0 saturated carbocycles. The lowest BCUT2D eigenvalue weighted by molar-refractivity contribution is -0.132. The summed E-state index contributed by atoms with van der Waals surface area (Å²) in [5.74, 6) is 0.311. The highest BCUT2D eigenvalue weighted by Crippen LogP contribution is 2.02. The summed E-state index contributed by atoms with van der Waals surface area (Å²) in [7, 11) is 0. The standard InChI is InChI=1S/C9H18N2O/c1-3-4-9(12)11-6-5-10-8(2)7-11/h8,10H,3-7H2,1-2H3. The Morgan fingerprint density at radius 3 is 3.00 bits per heavy atom. The lowest BCUT2D eigenvalue weighted by atomic mass is 10.2. The van der Waals surface area contributed by atoms with E-state index in [2.05, 4.69) is 12.2 Å². The van der Waals surface area contributed by atoms with Gasteiger partial charge in [0, 0.05) is 32.1 Å². The van der Waals surface area contributed by atoms with Crippen LogP contribution < -0.4 is 5.32 Å². The van der Waals surface area contributed by atoms with Gasteiger partial charge in [0.25, 0.3) is 0 Å². The highest BCUT2D eigenvalue weighted by atomic mass is 16.2. The topological polar surface area (TPSA) is 32.3 Å². The Bertz CT molecular complexity index is 159. The van der Waals surface area contributed by atoms with Crippen molar-refractivity contribution in [3.05, 3.63) is 0 Å². The second kappa shape index (κ2) is 4.45. The predicted molar refractivity (Wildman–Crippen MR) is 49.0 cm³/mol. The maximum atomic E-state index is 11.4. The number of rotatable bonds is 2. The Morgan fingerprint density at radius 1 is 1.67 bits per heavy atom. The van der Waals surface area contributed by atoms with Gasteiger partial charge in [-0.05, 0) is 13.3 Å². The van der Waals surface area contributed by atoms with E-state index < -0.39 is 0 Å². The molecule has 0 aromatic carbocycles. The zero-order valence-corrected chi connectivity index (χ0v) is 7.97. The Hall–Kier alpha value is -0.570. The minimum atomic E-state index is 0.311. The van der Waals surface area contributed by atoms with E-state index in [-0.39, 0.29) is 0 Å². The van der Waals surface area contributed by atoms with Gasteiger partial charge in [-0.25, -0.2) is 0 Å². The molecule has 1 rings (SSSR count). The Balaban J connectivity index is 2.35. The number of piperazine rings is 1. The molecule has 1 N–H and O–H groups in total. The Morgan fingerprint density at radius 2 is 2.42 bits per heavy atom. The average Bonchev–Trinajstić information content (AvgIpc) is 2.05.